The van der Waals surface area contributed by atoms with E-state index in [1.165, 1.54) is 24.3 Å². The Morgan fingerprint density at radius 2 is 1.45 bits per heavy atom. The molecule has 2 aromatic carbocycles. The molecule has 6 N–H and O–H groups in total. The Morgan fingerprint density at radius 3 is 2.09 bits per heavy atom. The Morgan fingerprint density at radius 1 is 0.810 bits per heavy atom. The van der Waals surface area contributed by atoms with Crippen molar-refractivity contribution < 1.29 is 38.2 Å². The third-order valence-corrected chi connectivity index (χ3v) is 12.5. The highest BCUT2D eigenvalue weighted by molar-refractivity contribution is 5.95. The number of rotatable bonds is 16. The number of Topliss-reactive ketones (excluding diaryl/α,β-unsaturated/α-hetero) is 1. The van der Waals surface area contributed by atoms with Crippen molar-refractivity contribution in [1.29, 1.82) is 0 Å². The van der Waals surface area contributed by atoms with Gasteiger partial charge in [0.05, 0.1) is 29.6 Å². The number of aliphatic hydroxyl groups excluding tert-OH is 2. The summed E-state index contributed by atoms with van der Waals surface area (Å²) in [4.78, 5) is 63.4. The summed E-state index contributed by atoms with van der Waals surface area (Å²) >= 11 is 0. The van der Waals surface area contributed by atoms with Gasteiger partial charge in [-0.05, 0) is 106 Å². The van der Waals surface area contributed by atoms with Gasteiger partial charge in [0.15, 0.2) is 0 Å². The number of aliphatic hydroxyl groups is 2. The molecular formula is C44H58F2N6O6. The van der Waals surface area contributed by atoms with Gasteiger partial charge in [0.2, 0.25) is 17.7 Å². The number of nitrogens with one attached hydrogen (secondary N) is 4. The summed E-state index contributed by atoms with van der Waals surface area (Å²) in [6.07, 6.45) is 1.21. The molecule has 0 radical (unpaired) electrons. The summed E-state index contributed by atoms with van der Waals surface area (Å²) in [6, 6.07) is 7.17. The molecule has 8 atom stereocenters. The number of aromatic amines is 2. The van der Waals surface area contributed by atoms with Gasteiger partial charge in [-0.1, -0.05) is 27.7 Å². The van der Waals surface area contributed by atoms with E-state index in [-0.39, 0.29) is 55.4 Å². The summed E-state index contributed by atoms with van der Waals surface area (Å²) in [7, 11) is 1.70. The number of amides is 3. The van der Waals surface area contributed by atoms with Crippen LogP contribution >= 0.6 is 0 Å². The molecule has 0 unspecified atom stereocenters. The first kappa shape index (κ1) is 42.9. The molecule has 2 saturated heterocycles. The molecule has 2 aliphatic rings. The highest BCUT2D eigenvalue weighted by atomic mass is 19.1. The van der Waals surface area contributed by atoms with Gasteiger partial charge in [-0.2, -0.15) is 0 Å². The van der Waals surface area contributed by atoms with E-state index in [1.807, 2.05) is 33.8 Å². The maximum atomic E-state index is 15.4. The second kappa shape index (κ2) is 18.1. The third kappa shape index (κ3) is 8.98. The van der Waals surface area contributed by atoms with E-state index in [2.05, 4.69) is 20.6 Å². The first-order valence-corrected chi connectivity index (χ1v) is 20.7. The molecule has 3 amide bonds. The number of carbonyl (C=O) groups is 4. The number of ketones is 1. The van der Waals surface area contributed by atoms with E-state index in [9.17, 15) is 33.8 Å². The predicted molar refractivity (Wildman–Crippen MR) is 219 cm³/mol. The van der Waals surface area contributed by atoms with E-state index in [4.69, 9.17) is 0 Å². The highest BCUT2D eigenvalue weighted by Crippen LogP contribution is 2.37. The van der Waals surface area contributed by atoms with Gasteiger partial charge in [-0.15, -0.1) is 0 Å². The number of halogens is 2. The van der Waals surface area contributed by atoms with Gasteiger partial charge < -0.3 is 40.6 Å². The average molecular weight is 805 g/mol. The number of fused-ring (bicyclic) bond motifs is 2. The molecule has 0 aliphatic carbocycles. The molecular weight excluding hydrogens is 747 g/mol. The molecule has 2 aliphatic heterocycles. The fourth-order valence-corrected chi connectivity index (χ4v) is 8.71. The summed E-state index contributed by atoms with van der Waals surface area (Å²) in [5.74, 6) is -2.46. The number of aromatic nitrogens is 2. The number of β-amino-alcohol motifs (C(OH)–C–C–N with tert-alkyl or cyclic N) is 2. The van der Waals surface area contributed by atoms with Crippen molar-refractivity contribution in [3.8, 4) is 11.4 Å². The normalized spacial score (nSPS) is 21.8. The van der Waals surface area contributed by atoms with Crippen molar-refractivity contribution >= 4 is 45.3 Å². The van der Waals surface area contributed by atoms with E-state index < -0.39 is 53.9 Å². The number of nitrogens with zero attached hydrogens (tertiary/aromatic N) is 2. The zero-order valence-electron chi connectivity index (χ0n) is 34.3. The largest absolute Gasteiger partial charge is 0.391 e. The van der Waals surface area contributed by atoms with Crippen molar-refractivity contribution in [2.75, 3.05) is 20.1 Å². The second-order valence-electron chi connectivity index (χ2n) is 16.4. The molecule has 0 spiro atoms. The summed E-state index contributed by atoms with van der Waals surface area (Å²) in [6.45, 7) is 9.42. The minimum Gasteiger partial charge on any atom is -0.391 e. The first-order chi connectivity index (χ1) is 27.6. The standard InChI is InChI=1S/C44H58F2N6O6/c1-7-23(4)42(56)50-36(9-3)44(58)52-22-32(54)18-30(52)19-35-33-11-10-27(45)15-37(33)49-41(35)39-20-34-26(12-28(46)16-38(34)48-39)13-29-17-31(53)21-51(29)43(57)25(8-2)14-40(55)24(5)47-6/h10-12,15-16,20,23-25,29-32,36,47-49,53-54H,7-9,13-14,17-19,21-22H2,1-6H3,(H,50,56)/t23-,24+,25+,29-,30+,31+,32+,36+/m0/s1. The molecule has 0 saturated carbocycles. The molecule has 6 rings (SSSR count). The predicted octanol–water partition coefficient (Wildman–Crippen LogP) is 5.14. The number of likely N-dealkylation sites (tertiary alicyclic amines) is 2. The van der Waals surface area contributed by atoms with Crippen molar-refractivity contribution in [3.05, 3.63) is 59.2 Å². The number of hydrogen-bond acceptors (Lipinski definition) is 7. The Balaban J connectivity index is 1.32. The van der Waals surface area contributed by atoms with Crippen LogP contribution in [-0.4, -0.2) is 110 Å². The molecule has 314 valence electrons. The molecule has 4 heterocycles. The lowest BCUT2D eigenvalue weighted by Gasteiger charge is -2.29. The van der Waals surface area contributed by atoms with E-state index in [1.54, 1.807) is 29.8 Å². The molecule has 4 aromatic rings. The van der Waals surface area contributed by atoms with Crippen molar-refractivity contribution in [1.82, 2.24) is 30.4 Å². The van der Waals surface area contributed by atoms with Gasteiger partial charge in [-0.25, -0.2) is 8.78 Å². The minimum atomic E-state index is -0.771. The third-order valence-electron chi connectivity index (χ3n) is 12.5. The van der Waals surface area contributed by atoms with Gasteiger partial charge in [0.1, 0.15) is 23.5 Å². The van der Waals surface area contributed by atoms with Crippen molar-refractivity contribution in [2.24, 2.45) is 11.8 Å². The van der Waals surface area contributed by atoms with Gasteiger partial charge in [-0.3, -0.25) is 19.2 Å². The lowest BCUT2D eigenvalue weighted by atomic mass is 9.94. The minimum absolute atomic E-state index is 0.0658. The average Bonchev–Trinajstić information content (AvgIpc) is 3.98. The molecule has 0 bridgehead atoms. The van der Waals surface area contributed by atoms with Crippen LogP contribution in [0.5, 0.6) is 0 Å². The van der Waals surface area contributed by atoms with E-state index in [0.717, 1.165) is 10.9 Å². The molecule has 2 aromatic heterocycles. The highest BCUT2D eigenvalue weighted by Gasteiger charge is 2.40. The lowest BCUT2D eigenvalue weighted by Crippen LogP contribution is -2.51. The zero-order chi connectivity index (χ0) is 42.0. The summed E-state index contributed by atoms with van der Waals surface area (Å²) in [5.41, 5.74) is 3.66. The van der Waals surface area contributed by atoms with Crippen LogP contribution in [0.1, 0.15) is 84.3 Å². The Hall–Kier alpha value is -4.66. The van der Waals surface area contributed by atoms with Crippen LogP contribution in [0.25, 0.3) is 33.2 Å². The maximum absolute atomic E-state index is 15.4. The van der Waals surface area contributed by atoms with Crippen LogP contribution in [0.2, 0.25) is 0 Å². The van der Waals surface area contributed by atoms with Gasteiger partial charge in [0.25, 0.3) is 0 Å². The fourth-order valence-electron chi connectivity index (χ4n) is 8.71. The van der Waals surface area contributed by atoms with E-state index >= 15 is 4.39 Å². The first-order valence-electron chi connectivity index (χ1n) is 20.7. The van der Waals surface area contributed by atoms with E-state index in [0.29, 0.717) is 71.9 Å². The van der Waals surface area contributed by atoms with Gasteiger partial charge in [0, 0.05) is 65.2 Å². The van der Waals surface area contributed by atoms with Crippen LogP contribution in [0.15, 0.2) is 36.4 Å². The SMILES string of the molecule is CC[C@H](CC(=O)[C@@H](C)NC)C(=O)N1C[C@H](O)C[C@@H]1Cc1cc(F)cc2[nH]c(-c3[nH]c4cc(F)ccc4c3C[C@H]3C[C@@H](O)CN3C(=O)[C@@H](CC)NC(=O)[C@@H](C)CC)cc12. The molecule has 2 fully saturated rings. The van der Waals surface area contributed by atoms with Crippen LogP contribution in [-0.2, 0) is 32.0 Å². The number of H-pyrrole nitrogens is 2. The number of carbonyl (C=O) groups excluding carboxylic acids is 4. The summed E-state index contributed by atoms with van der Waals surface area (Å²) in [5, 5.41) is 28.9. The molecule has 12 nitrogen and oxygen atoms in total. The maximum Gasteiger partial charge on any atom is 0.245 e. The number of benzene rings is 2. The molecule has 58 heavy (non-hydrogen) atoms. The number of hydrogen-bond donors (Lipinski definition) is 6. The Kier molecular flexibility index (Phi) is 13.4. The van der Waals surface area contributed by atoms with Gasteiger partial charge >= 0.3 is 0 Å². The molecule has 14 heteroatoms. The van der Waals surface area contributed by atoms with Crippen LogP contribution in [0, 0.1) is 23.5 Å². The van der Waals surface area contributed by atoms with Crippen molar-refractivity contribution in [2.45, 2.75) is 122 Å². The Labute approximate surface area is 338 Å². The quantitative estimate of drug-likeness (QED) is 0.0912. The number of likely N-dealkylation sites (N-methyl/N-ethyl adjacent to an activating group) is 1. The second-order valence-corrected chi connectivity index (χ2v) is 16.4. The monoisotopic (exact) mass is 804 g/mol. The fraction of sp³-hybridized carbons (Fsp3) is 0.545. The van der Waals surface area contributed by atoms with Crippen LogP contribution < -0.4 is 10.6 Å². The smallest absolute Gasteiger partial charge is 0.245 e. The Bertz CT molecular complexity index is 2150. The zero-order valence-corrected chi connectivity index (χ0v) is 34.3. The van der Waals surface area contributed by atoms with Crippen molar-refractivity contribution in [3.63, 3.8) is 0 Å². The van der Waals surface area contributed by atoms with Crippen LogP contribution in [0.3, 0.4) is 0 Å². The summed E-state index contributed by atoms with van der Waals surface area (Å²) < 4.78 is 30.0. The topological polar surface area (TPSA) is 171 Å². The van der Waals surface area contributed by atoms with Crippen LogP contribution in [0.4, 0.5) is 8.78 Å². The lowest BCUT2D eigenvalue weighted by molar-refractivity contribution is -0.139.